The first-order valence-corrected chi connectivity index (χ1v) is 9.34. The Morgan fingerprint density at radius 3 is 2.55 bits per heavy atom. The van der Waals surface area contributed by atoms with Crippen LogP contribution in [0.2, 0.25) is 0 Å². The fourth-order valence-corrected chi connectivity index (χ4v) is 4.27. The van der Waals surface area contributed by atoms with Gasteiger partial charge in [0.25, 0.3) is 0 Å². The number of nitrogens with one attached hydrogen (secondary N) is 1. The number of aliphatic carboxylic acids is 1. The summed E-state index contributed by atoms with van der Waals surface area (Å²) in [6.45, 7) is 1.85. The first-order chi connectivity index (χ1) is 9.60. The lowest BCUT2D eigenvalue weighted by atomic mass is 9.95. The lowest BCUT2D eigenvalue weighted by Crippen LogP contribution is -2.50. The molecule has 2 N–H and O–H groups in total. The first kappa shape index (κ1) is 16.2. The Morgan fingerprint density at radius 2 is 1.95 bits per heavy atom. The SMILES string of the molecule is CC(CCCCSCC1CCCC1)(NC1CC1)C(=O)O. The van der Waals surface area contributed by atoms with Gasteiger partial charge in [-0.05, 0) is 62.9 Å². The van der Waals surface area contributed by atoms with Gasteiger partial charge in [-0.2, -0.15) is 11.8 Å². The number of carbonyl (C=O) groups is 1. The van der Waals surface area contributed by atoms with Crippen molar-refractivity contribution in [2.75, 3.05) is 11.5 Å². The van der Waals surface area contributed by atoms with Crippen LogP contribution in [0.4, 0.5) is 0 Å². The Bertz CT molecular complexity index is 314. The quantitative estimate of drug-likeness (QED) is 0.604. The van der Waals surface area contributed by atoms with Gasteiger partial charge in [-0.15, -0.1) is 0 Å². The minimum Gasteiger partial charge on any atom is -0.480 e. The summed E-state index contributed by atoms with van der Waals surface area (Å²) in [5.41, 5.74) is -0.711. The second-order valence-electron chi connectivity index (χ2n) is 6.74. The molecule has 0 saturated heterocycles. The summed E-state index contributed by atoms with van der Waals surface area (Å²) in [4.78, 5) is 11.4. The van der Waals surface area contributed by atoms with Crippen molar-refractivity contribution in [1.29, 1.82) is 0 Å². The summed E-state index contributed by atoms with van der Waals surface area (Å²) < 4.78 is 0. The lowest BCUT2D eigenvalue weighted by Gasteiger charge is -2.26. The van der Waals surface area contributed by atoms with E-state index in [1.54, 1.807) is 0 Å². The molecule has 0 heterocycles. The van der Waals surface area contributed by atoms with Crippen molar-refractivity contribution in [3.8, 4) is 0 Å². The van der Waals surface area contributed by atoms with Crippen molar-refractivity contribution in [2.45, 2.75) is 76.3 Å². The number of carboxylic acids is 1. The zero-order valence-electron chi connectivity index (χ0n) is 12.7. The van der Waals surface area contributed by atoms with Crippen molar-refractivity contribution in [2.24, 2.45) is 5.92 Å². The third kappa shape index (κ3) is 5.28. The summed E-state index contributed by atoms with van der Waals surface area (Å²) in [7, 11) is 0. The molecule has 0 aliphatic heterocycles. The maximum atomic E-state index is 11.4. The molecular weight excluding hydrogens is 270 g/mol. The molecule has 116 valence electrons. The number of hydrogen-bond acceptors (Lipinski definition) is 3. The molecule has 20 heavy (non-hydrogen) atoms. The van der Waals surface area contributed by atoms with E-state index in [0.29, 0.717) is 6.04 Å². The molecule has 1 unspecified atom stereocenters. The second kappa shape index (κ2) is 7.69. The fourth-order valence-electron chi connectivity index (χ4n) is 3.03. The number of carboxylic acid groups (broad SMARTS) is 1. The van der Waals surface area contributed by atoms with Crippen LogP contribution in [-0.4, -0.2) is 34.2 Å². The average molecular weight is 299 g/mol. The molecule has 0 bridgehead atoms. The van der Waals surface area contributed by atoms with Gasteiger partial charge in [0.05, 0.1) is 0 Å². The van der Waals surface area contributed by atoms with Crippen LogP contribution in [0.3, 0.4) is 0 Å². The summed E-state index contributed by atoms with van der Waals surface area (Å²) >= 11 is 2.07. The largest absolute Gasteiger partial charge is 0.480 e. The maximum Gasteiger partial charge on any atom is 0.323 e. The third-order valence-electron chi connectivity index (χ3n) is 4.62. The molecular formula is C16H29NO2S. The topological polar surface area (TPSA) is 49.3 Å². The molecule has 1 atom stereocenters. The van der Waals surface area contributed by atoms with Crippen molar-refractivity contribution in [3.63, 3.8) is 0 Å². The van der Waals surface area contributed by atoms with Crippen LogP contribution in [0.25, 0.3) is 0 Å². The molecule has 4 heteroatoms. The van der Waals surface area contributed by atoms with Crippen LogP contribution in [0.1, 0.15) is 64.7 Å². The summed E-state index contributed by atoms with van der Waals surface area (Å²) in [5, 5.41) is 12.7. The predicted octanol–water partition coefficient (Wildman–Crippen LogP) is 3.68. The standard InChI is InChI=1S/C16H29NO2S/c1-16(15(18)19,17-14-8-9-14)10-4-5-11-20-12-13-6-2-3-7-13/h13-14,17H,2-12H2,1H3,(H,18,19). The predicted molar refractivity (Wildman–Crippen MR) is 85.3 cm³/mol. The minimum atomic E-state index is -0.711. The smallest absolute Gasteiger partial charge is 0.323 e. The summed E-state index contributed by atoms with van der Waals surface area (Å²) in [6, 6.07) is 0.452. The van der Waals surface area contributed by atoms with E-state index in [9.17, 15) is 9.90 Å². The average Bonchev–Trinajstić information content (AvgIpc) is 3.05. The Labute approximate surface area is 127 Å². The van der Waals surface area contributed by atoms with Gasteiger partial charge in [0.15, 0.2) is 0 Å². The van der Waals surface area contributed by atoms with Gasteiger partial charge < -0.3 is 5.11 Å². The third-order valence-corrected chi connectivity index (χ3v) is 5.90. The van der Waals surface area contributed by atoms with E-state index in [4.69, 9.17) is 0 Å². The monoisotopic (exact) mass is 299 g/mol. The number of rotatable bonds is 10. The first-order valence-electron chi connectivity index (χ1n) is 8.19. The Kier molecular flexibility index (Phi) is 6.21. The van der Waals surface area contributed by atoms with E-state index in [1.165, 1.54) is 37.2 Å². The van der Waals surface area contributed by atoms with Crippen LogP contribution < -0.4 is 5.32 Å². The highest BCUT2D eigenvalue weighted by Crippen LogP contribution is 2.29. The van der Waals surface area contributed by atoms with Crippen LogP contribution in [0, 0.1) is 5.92 Å². The van der Waals surface area contributed by atoms with Gasteiger partial charge in [-0.3, -0.25) is 10.1 Å². The number of unbranched alkanes of at least 4 members (excludes halogenated alkanes) is 1. The number of thioether (sulfide) groups is 1. The molecule has 0 spiro atoms. The number of hydrogen-bond donors (Lipinski definition) is 2. The van der Waals surface area contributed by atoms with Gasteiger partial charge in [0.2, 0.25) is 0 Å². The molecule has 2 saturated carbocycles. The molecule has 3 nitrogen and oxygen atoms in total. The summed E-state index contributed by atoms with van der Waals surface area (Å²) in [6.07, 6.45) is 10.9. The zero-order valence-corrected chi connectivity index (χ0v) is 13.5. The van der Waals surface area contributed by atoms with Gasteiger partial charge in [0, 0.05) is 6.04 Å². The Morgan fingerprint density at radius 1 is 1.25 bits per heavy atom. The molecule has 2 aliphatic rings. The molecule has 0 radical (unpaired) electrons. The highest BCUT2D eigenvalue weighted by atomic mass is 32.2. The normalized spacial score (nSPS) is 22.9. The zero-order chi connectivity index (χ0) is 14.4. The maximum absolute atomic E-state index is 11.4. The van der Waals surface area contributed by atoms with E-state index >= 15 is 0 Å². The van der Waals surface area contributed by atoms with E-state index in [1.807, 2.05) is 6.92 Å². The van der Waals surface area contributed by atoms with Crippen molar-refractivity contribution in [1.82, 2.24) is 5.32 Å². The van der Waals surface area contributed by atoms with E-state index in [0.717, 1.165) is 38.0 Å². The molecule has 0 aromatic heterocycles. The van der Waals surface area contributed by atoms with Crippen molar-refractivity contribution < 1.29 is 9.90 Å². The van der Waals surface area contributed by atoms with Gasteiger partial charge in [-0.25, -0.2) is 0 Å². The molecule has 2 aliphatic carbocycles. The van der Waals surface area contributed by atoms with Crippen LogP contribution in [-0.2, 0) is 4.79 Å². The molecule has 2 fully saturated rings. The summed E-state index contributed by atoms with van der Waals surface area (Å²) in [5.74, 6) is 2.77. The van der Waals surface area contributed by atoms with Crippen molar-refractivity contribution >= 4 is 17.7 Å². The highest BCUT2D eigenvalue weighted by Gasteiger charge is 2.37. The minimum absolute atomic E-state index is 0.452. The van der Waals surface area contributed by atoms with Crippen molar-refractivity contribution in [3.05, 3.63) is 0 Å². The van der Waals surface area contributed by atoms with E-state index in [2.05, 4.69) is 17.1 Å². The van der Waals surface area contributed by atoms with Crippen LogP contribution in [0.5, 0.6) is 0 Å². The molecule has 0 aromatic rings. The van der Waals surface area contributed by atoms with E-state index < -0.39 is 11.5 Å². The highest BCUT2D eigenvalue weighted by molar-refractivity contribution is 7.99. The molecule has 0 amide bonds. The van der Waals surface area contributed by atoms with Gasteiger partial charge in [-0.1, -0.05) is 19.3 Å². The second-order valence-corrected chi connectivity index (χ2v) is 7.89. The molecule has 2 rings (SSSR count). The van der Waals surface area contributed by atoms with E-state index in [-0.39, 0.29) is 0 Å². The van der Waals surface area contributed by atoms with Crippen LogP contribution in [0.15, 0.2) is 0 Å². The Hall–Kier alpha value is -0.220. The lowest BCUT2D eigenvalue weighted by molar-refractivity contribution is -0.144. The Balaban J connectivity index is 1.54. The molecule has 0 aromatic carbocycles. The fraction of sp³-hybridized carbons (Fsp3) is 0.938. The van der Waals surface area contributed by atoms with Gasteiger partial charge >= 0.3 is 5.97 Å². The van der Waals surface area contributed by atoms with Gasteiger partial charge in [0.1, 0.15) is 5.54 Å². The van der Waals surface area contributed by atoms with Crippen LogP contribution >= 0.6 is 11.8 Å².